The number of aliphatic hydroxyl groups excluding tert-OH is 4. The van der Waals surface area contributed by atoms with Crippen molar-refractivity contribution in [1.29, 1.82) is 0 Å². The van der Waals surface area contributed by atoms with Crippen molar-refractivity contribution in [2.24, 2.45) is 5.41 Å². The Morgan fingerprint density at radius 2 is 0.586 bits per heavy atom. The summed E-state index contributed by atoms with van der Waals surface area (Å²) in [5, 5.41) is 63.4. The lowest BCUT2D eigenvalue weighted by Crippen LogP contribution is -2.37. The number of rotatable bonds is 8. The molecule has 168 valence electrons. The van der Waals surface area contributed by atoms with Crippen molar-refractivity contribution >= 4 is 49.0 Å². The summed E-state index contributed by atoms with van der Waals surface area (Å²) in [7, 11) is 0. The highest BCUT2D eigenvalue weighted by molar-refractivity contribution is 6.19. The molecule has 0 aromatic carbocycles. The molecule has 0 aromatic heterocycles. The molecule has 0 saturated carbocycles. The van der Waals surface area contributed by atoms with Gasteiger partial charge >= 0.3 is 23.9 Å². The average Bonchev–Trinajstić information content (AvgIpc) is 2.71. The molecular formula is C13H20O16. The zero-order chi connectivity index (χ0) is 24.5. The van der Waals surface area contributed by atoms with E-state index < -0.39 is 55.7 Å². The predicted molar refractivity (Wildman–Crippen MR) is 85.6 cm³/mol. The van der Waals surface area contributed by atoms with Crippen LogP contribution < -0.4 is 0 Å². The smallest absolute Gasteiger partial charge is 0.368 e. The van der Waals surface area contributed by atoms with Crippen LogP contribution in [0.15, 0.2) is 0 Å². The molecule has 0 atom stereocenters. The fourth-order valence-corrected chi connectivity index (χ4v) is 0.300. The van der Waals surface area contributed by atoms with Gasteiger partial charge in [-0.15, -0.1) is 0 Å². The first kappa shape index (κ1) is 36.3. The standard InChI is InChI=1S/C5H12O4.4C2H2O3/c6-1-5(2-7,3-8)4-9;4*3-1-2(4)5/h6-9H,1-4H2;4*1H,(H,4,5). The predicted octanol–water partition coefficient (Wildman–Crippen LogP) is -4.98. The number of hydrogen-bond acceptors (Lipinski definition) is 12. The van der Waals surface area contributed by atoms with Crippen LogP contribution in [0.2, 0.25) is 0 Å². The Morgan fingerprint density at radius 3 is 0.586 bits per heavy atom. The molecule has 0 radical (unpaired) electrons. The van der Waals surface area contributed by atoms with Crippen molar-refractivity contribution in [3.63, 3.8) is 0 Å². The average molecular weight is 432 g/mol. The molecular weight excluding hydrogens is 412 g/mol. The molecule has 0 saturated heterocycles. The van der Waals surface area contributed by atoms with E-state index in [-0.39, 0.29) is 25.1 Å². The van der Waals surface area contributed by atoms with Gasteiger partial charge < -0.3 is 40.9 Å². The van der Waals surface area contributed by atoms with Gasteiger partial charge in [0.2, 0.25) is 25.1 Å². The number of aldehydes is 4. The number of carboxylic acid groups (broad SMARTS) is 4. The summed E-state index contributed by atoms with van der Waals surface area (Å²) in [6.45, 7) is -1.62. The van der Waals surface area contributed by atoms with Crippen LogP contribution in [0.4, 0.5) is 0 Å². The number of carbonyl (C=O) groups excluding carboxylic acids is 4. The maximum Gasteiger partial charge on any atom is 0.368 e. The molecule has 0 spiro atoms. The Labute approximate surface area is 161 Å². The normalized spacial score (nSPS) is 8.14. The SMILES string of the molecule is O=CC(=O)O.O=CC(=O)O.O=CC(=O)O.O=CC(=O)O.OCC(CO)(CO)CO. The number of hydrogen-bond donors (Lipinski definition) is 8. The van der Waals surface area contributed by atoms with Gasteiger partial charge in [-0.05, 0) is 0 Å². The van der Waals surface area contributed by atoms with E-state index in [1.54, 1.807) is 0 Å². The van der Waals surface area contributed by atoms with Crippen molar-refractivity contribution in [2.75, 3.05) is 26.4 Å². The maximum atomic E-state index is 9.00. The van der Waals surface area contributed by atoms with Gasteiger partial charge in [-0.2, -0.15) is 0 Å². The Bertz CT molecular complexity index is 417. The van der Waals surface area contributed by atoms with Crippen LogP contribution in [-0.2, 0) is 38.4 Å². The first-order chi connectivity index (χ1) is 13.3. The summed E-state index contributed by atoms with van der Waals surface area (Å²) in [5.74, 6) is -5.70. The lowest BCUT2D eigenvalue weighted by atomic mass is 9.93. The molecule has 0 aliphatic heterocycles. The lowest BCUT2D eigenvalue weighted by molar-refractivity contribution is -0.143. The monoisotopic (exact) mass is 432 g/mol. The quantitative estimate of drug-likeness (QED) is 0.131. The molecule has 29 heavy (non-hydrogen) atoms. The topological polar surface area (TPSA) is 298 Å². The molecule has 0 heterocycles. The van der Waals surface area contributed by atoms with Crippen LogP contribution in [0.1, 0.15) is 0 Å². The molecule has 0 aliphatic carbocycles. The Morgan fingerprint density at radius 1 is 0.483 bits per heavy atom. The number of carboxylic acids is 4. The first-order valence-corrected chi connectivity index (χ1v) is 6.49. The highest BCUT2D eigenvalue weighted by Gasteiger charge is 2.26. The van der Waals surface area contributed by atoms with E-state index in [0.717, 1.165) is 0 Å². The first-order valence-electron chi connectivity index (χ1n) is 6.49. The minimum Gasteiger partial charge on any atom is -0.476 e. The minimum atomic E-state index is -1.43. The maximum absolute atomic E-state index is 9.00. The summed E-state index contributed by atoms with van der Waals surface area (Å²) in [6.07, 6.45) is -0.667. The summed E-state index contributed by atoms with van der Waals surface area (Å²) < 4.78 is 0. The van der Waals surface area contributed by atoms with Crippen molar-refractivity contribution in [1.82, 2.24) is 0 Å². The van der Waals surface area contributed by atoms with Crippen LogP contribution in [0.5, 0.6) is 0 Å². The Kier molecular flexibility index (Phi) is 33.4. The Balaban J connectivity index is -0.0000000853. The largest absolute Gasteiger partial charge is 0.476 e. The van der Waals surface area contributed by atoms with Gasteiger partial charge in [0.25, 0.3) is 0 Å². The molecule has 8 N–H and O–H groups in total. The molecule has 0 bridgehead atoms. The van der Waals surface area contributed by atoms with Crippen molar-refractivity contribution in [3.05, 3.63) is 0 Å². The van der Waals surface area contributed by atoms with Crippen LogP contribution >= 0.6 is 0 Å². The van der Waals surface area contributed by atoms with Crippen LogP contribution in [-0.4, -0.2) is 116 Å². The fourth-order valence-electron chi connectivity index (χ4n) is 0.300. The molecule has 0 fully saturated rings. The summed E-state index contributed by atoms with van der Waals surface area (Å²) in [5.41, 5.74) is -1.11. The highest BCUT2D eigenvalue weighted by Crippen LogP contribution is 2.11. The molecule has 0 amide bonds. The van der Waals surface area contributed by atoms with Gasteiger partial charge in [0.05, 0.1) is 31.8 Å². The van der Waals surface area contributed by atoms with Gasteiger partial charge in [-0.3, -0.25) is 19.2 Å². The van der Waals surface area contributed by atoms with Gasteiger partial charge in [-0.1, -0.05) is 0 Å². The molecule has 0 unspecified atom stereocenters. The van der Waals surface area contributed by atoms with Gasteiger partial charge in [0.1, 0.15) is 0 Å². The van der Waals surface area contributed by atoms with Crippen molar-refractivity contribution in [2.45, 2.75) is 0 Å². The molecule has 16 heteroatoms. The van der Waals surface area contributed by atoms with Gasteiger partial charge in [0, 0.05) is 0 Å². The molecule has 16 nitrogen and oxygen atoms in total. The zero-order valence-electron chi connectivity index (χ0n) is 14.5. The second-order valence-electron chi connectivity index (χ2n) is 3.96. The van der Waals surface area contributed by atoms with E-state index in [0.29, 0.717) is 0 Å². The molecule has 0 aliphatic rings. The second-order valence-corrected chi connectivity index (χ2v) is 3.96. The number of carbonyl (C=O) groups is 8. The van der Waals surface area contributed by atoms with E-state index in [2.05, 4.69) is 0 Å². The van der Waals surface area contributed by atoms with E-state index in [1.165, 1.54) is 0 Å². The van der Waals surface area contributed by atoms with Crippen molar-refractivity contribution < 1.29 is 79.2 Å². The van der Waals surface area contributed by atoms with E-state index in [1.807, 2.05) is 0 Å². The van der Waals surface area contributed by atoms with E-state index in [4.69, 9.17) is 79.2 Å². The highest BCUT2D eigenvalue weighted by atomic mass is 16.4. The summed E-state index contributed by atoms with van der Waals surface area (Å²) in [6, 6.07) is 0. The van der Waals surface area contributed by atoms with Gasteiger partial charge in [0.15, 0.2) is 0 Å². The number of aliphatic hydroxyl groups is 4. The fraction of sp³-hybridized carbons (Fsp3) is 0.385. The van der Waals surface area contributed by atoms with E-state index in [9.17, 15) is 0 Å². The van der Waals surface area contributed by atoms with Crippen molar-refractivity contribution in [3.8, 4) is 0 Å². The third kappa shape index (κ3) is 45.5. The van der Waals surface area contributed by atoms with E-state index >= 15 is 0 Å². The summed E-state index contributed by atoms with van der Waals surface area (Å²) >= 11 is 0. The lowest BCUT2D eigenvalue weighted by Gasteiger charge is -2.23. The van der Waals surface area contributed by atoms with Crippen LogP contribution in [0, 0.1) is 5.41 Å². The van der Waals surface area contributed by atoms with Crippen LogP contribution in [0.25, 0.3) is 0 Å². The number of aliphatic carboxylic acids is 4. The third-order valence-electron chi connectivity index (χ3n) is 1.74. The van der Waals surface area contributed by atoms with Gasteiger partial charge in [-0.25, -0.2) is 19.2 Å². The molecule has 0 aromatic rings. The zero-order valence-corrected chi connectivity index (χ0v) is 14.5. The second kappa shape index (κ2) is 26.6. The summed E-state index contributed by atoms with van der Waals surface area (Å²) in [4.78, 5) is 71.6. The molecule has 0 rings (SSSR count). The third-order valence-corrected chi connectivity index (χ3v) is 1.74. The minimum absolute atomic E-state index is 0.167. The van der Waals surface area contributed by atoms with Crippen LogP contribution in [0.3, 0.4) is 0 Å². The Hall–Kier alpha value is -3.60.